The van der Waals surface area contributed by atoms with Crippen LogP contribution in [0.3, 0.4) is 0 Å². The van der Waals surface area contributed by atoms with Crippen LogP contribution in [-0.2, 0) is 9.47 Å². The van der Waals surface area contributed by atoms with Crippen molar-refractivity contribution in [3.8, 4) is 0 Å². The predicted molar refractivity (Wildman–Crippen MR) is 53.6 cm³/mol. The summed E-state index contributed by atoms with van der Waals surface area (Å²) < 4.78 is 10.6. The first-order chi connectivity index (χ1) is 6.43. The van der Waals surface area contributed by atoms with E-state index in [1.165, 1.54) is 25.7 Å². The molecular formula is C11H21O2. The topological polar surface area (TPSA) is 21.8 Å². The summed E-state index contributed by atoms with van der Waals surface area (Å²) >= 11 is 0. The van der Waals surface area contributed by atoms with Crippen molar-refractivity contribution in [2.75, 3.05) is 19.8 Å². The zero-order valence-electron chi connectivity index (χ0n) is 8.46. The van der Waals surface area contributed by atoms with Crippen LogP contribution < -0.4 is 0 Å². The molecule has 77 valence electrons. The van der Waals surface area contributed by atoms with Crippen LogP contribution in [0.4, 0.5) is 0 Å². The first-order valence-electron chi connectivity index (χ1n) is 5.42. The van der Waals surface area contributed by atoms with Gasteiger partial charge in [0.25, 0.3) is 0 Å². The van der Waals surface area contributed by atoms with Crippen LogP contribution in [0.5, 0.6) is 0 Å². The molecule has 1 saturated heterocycles. The highest BCUT2D eigenvalue weighted by molar-refractivity contribution is 4.67. The molecule has 1 heterocycles. The summed E-state index contributed by atoms with van der Waals surface area (Å²) in [6.45, 7) is 6.56. The van der Waals surface area contributed by atoms with Gasteiger partial charge >= 0.3 is 0 Å². The van der Waals surface area contributed by atoms with E-state index in [1.807, 2.05) is 0 Å². The van der Waals surface area contributed by atoms with Gasteiger partial charge in [-0.15, -0.1) is 0 Å². The quantitative estimate of drug-likeness (QED) is 0.407. The fourth-order valence-electron chi connectivity index (χ4n) is 1.29. The van der Waals surface area contributed by atoms with E-state index in [0.717, 1.165) is 32.7 Å². The van der Waals surface area contributed by atoms with Gasteiger partial charge < -0.3 is 9.47 Å². The minimum absolute atomic E-state index is 0.520. The van der Waals surface area contributed by atoms with Crippen molar-refractivity contribution in [3.05, 3.63) is 6.92 Å². The van der Waals surface area contributed by atoms with E-state index >= 15 is 0 Å². The van der Waals surface area contributed by atoms with E-state index in [2.05, 4.69) is 6.92 Å². The van der Waals surface area contributed by atoms with Gasteiger partial charge in [-0.3, -0.25) is 0 Å². The highest BCUT2D eigenvalue weighted by Crippen LogP contribution is 2.12. The fourth-order valence-corrected chi connectivity index (χ4v) is 1.29. The second kappa shape index (κ2) is 7.34. The Labute approximate surface area is 81.6 Å². The van der Waals surface area contributed by atoms with E-state index in [4.69, 9.17) is 9.47 Å². The molecule has 0 aromatic rings. The monoisotopic (exact) mass is 185 g/mol. The highest BCUT2D eigenvalue weighted by Gasteiger charge is 2.21. The van der Waals surface area contributed by atoms with Gasteiger partial charge in [0.15, 0.2) is 0 Å². The SMILES string of the molecule is [CH2]CCCCCCOCCC1CO1. The summed E-state index contributed by atoms with van der Waals surface area (Å²) in [7, 11) is 0. The Morgan fingerprint density at radius 2 is 1.92 bits per heavy atom. The number of epoxide rings is 1. The average molecular weight is 185 g/mol. The zero-order chi connectivity index (χ0) is 9.36. The van der Waals surface area contributed by atoms with Gasteiger partial charge in [-0.05, 0) is 12.8 Å². The lowest BCUT2D eigenvalue weighted by Gasteiger charge is -2.02. The minimum Gasteiger partial charge on any atom is -0.381 e. The molecule has 0 aromatic carbocycles. The summed E-state index contributed by atoms with van der Waals surface area (Å²) in [4.78, 5) is 0. The molecule has 0 saturated carbocycles. The van der Waals surface area contributed by atoms with Crippen molar-refractivity contribution in [1.29, 1.82) is 0 Å². The number of hydrogen-bond acceptors (Lipinski definition) is 2. The second-order valence-electron chi connectivity index (χ2n) is 3.62. The lowest BCUT2D eigenvalue weighted by Crippen LogP contribution is -2.00. The number of rotatable bonds is 9. The van der Waals surface area contributed by atoms with Crippen molar-refractivity contribution < 1.29 is 9.47 Å². The largest absolute Gasteiger partial charge is 0.381 e. The molecular weight excluding hydrogens is 164 g/mol. The molecule has 1 unspecified atom stereocenters. The van der Waals surface area contributed by atoms with Crippen molar-refractivity contribution in [2.24, 2.45) is 0 Å². The van der Waals surface area contributed by atoms with Gasteiger partial charge in [-0.2, -0.15) is 0 Å². The van der Waals surface area contributed by atoms with Crippen molar-refractivity contribution in [3.63, 3.8) is 0 Å². The molecule has 0 amide bonds. The van der Waals surface area contributed by atoms with Crippen LogP contribution in [0.25, 0.3) is 0 Å². The van der Waals surface area contributed by atoms with E-state index < -0.39 is 0 Å². The Morgan fingerprint density at radius 1 is 1.15 bits per heavy atom. The molecule has 1 atom stereocenters. The van der Waals surface area contributed by atoms with Gasteiger partial charge in [-0.25, -0.2) is 0 Å². The maximum Gasteiger partial charge on any atom is 0.0831 e. The molecule has 2 nitrogen and oxygen atoms in total. The summed E-state index contributed by atoms with van der Waals surface area (Å²) in [6, 6.07) is 0. The number of ether oxygens (including phenoxy) is 2. The second-order valence-corrected chi connectivity index (χ2v) is 3.62. The van der Waals surface area contributed by atoms with Crippen LogP contribution in [0.2, 0.25) is 0 Å². The normalized spacial score (nSPS) is 20.5. The minimum atomic E-state index is 0.520. The van der Waals surface area contributed by atoms with Crippen molar-refractivity contribution >= 4 is 0 Å². The third kappa shape index (κ3) is 7.03. The van der Waals surface area contributed by atoms with Crippen LogP contribution in [0, 0.1) is 6.92 Å². The van der Waals surface area contributed by atoms with Gasteiger partial charge in [0.1, 0.15) is 0 Å². The molecule has 0 spiro atoms. The maximum atomic E-state index is 5.47. The Bertz CT molecular complexity index is 111. The molecule has 1 rings (SSSR count). The number of unbranched alkanes of at least 4 members (excludes halogenated alkanes) is 4. The number of hydrogen-bond donors (Lipinski definition) is 0. The molecule has 0 N–H and O–H groups in total. The maximum absolute atomic E-state index is 5.47. The molecule has 0 bridgehead atoms. The molecule has 1 aliphatic heterocycles. The summed E-state index contributed by atoms with van der Waals surface area (Å²) in [5.41, 5.74) is 0. The van der Waals surface area contributed by atoms with E-state index in [-0.39, 0.29) is 0 Å². The lowest BCUT2D eigenvalue weighted by molar-refractivity contribution is 0.121. The molecule has 2 heteroatoms. The molecule has 0 aliphatic carbocycles. The van der Waals surface area contributed by atoms with E-state index in [9.17, 15) is 0 Å². The van der Waals surface area contributed by atoms with Gasteiger partial charge in [0, 0.05) is 13.2 Å². The van der Waals surface area contributed by atoms with Crippen LogP contribution in [0.1, 0.15) is 38.5 Å². The first-order valence-corrected chi connectivity index (χ1v) is 5.42. The van der Waals surface area contributed by atoms with Crippen LogP contribution in [-0.4, -0.2) is 25.9 Å². The third-order valence-electron chi connectivity index (χ3n) is 2.28. The zero-order valence-corrected chi connectivity index (χ0v) is 8.46. The summed E-state index contributed by atoms with van der Waals surface area (Å²) in [5.74, 6) is 0. The Hall–Kier alpha value is -0.0800. The Kier molecular flexibility index (Phi) is 6.21. The summed E-state index contributed by atoms with van der Waals surface area (Å²) in [6.07, 6.45) is 7.72. The average Bonchev–Trinajstić information content (AvgIpc) is 2.93. The van der Waals surface area contributed by atoms with E-state index in [1.54, 1.807) is 0 Å². The molecule has 1 radical (unpaired) electrons. The summed E-state index contributed by atoms with van der Waals surface area (Å²) in [5, 5.41) is 0. The molecule has 1 fully saturated rings. The molecule has 13 heavy (non-hydrogen) atoms. The van der Waals surface area contributed by atoms with Crippen LogP contribution in [0.15, 0.2) is 0 Å². The van der Waals surface area contributed by atoms with Crippen molar-refractivity contribution in [1.82, 2.24) is 0 Å². The first kappa shape index (κ1) is 11.0. The molecule has 0 aromatic heterocycles. The molecule has 1 aliphatic rings. The smallest absolute Gasteiger partial charge is 0.0831 e. The van der Waals surface area contributed by atoms with E-state index in [0.29, 0.717) is 6.10 Å². The fraction of sp³-hybridized carbons (Fsp3) is 0.909. The van der Waals surface area contributed by atoms with Crippen LogP contribution >= 0.6 is 0 Å². The third-order valence-corrected chi connectivity index (χ3v) is 2.28. The van der Waals surface area contributed by atoms with Gasteiger partial charge in [0.05, 0.1) is 12.7 Å². The Balaban J connectivity index is 1.63. The predicted octanol–water partition coefficient (Wildman–Crippen LogP) is 2.58. The highest BCUT2D eigenvalue weighted by atomic mass is 16.6. The van der Waals surface area contributed by atoms with Gasteiger partial charge in [-0.1, -0.05) is 32.6 Å². The van der Waals surface area contributed by atoms with Crippen molar-refractivity contribution in [2.45, 2.75) is 44.6 Å². The Morgan fingerprint density at radius 3 is 2.62 bits per heavy atom. The van der Waals surface area contributed by atoms with Gasteiger partial charge in [0.2, 0.25) is 0 Å². The lowest BCUT2D eigenvalue weighted by atomic mass is 10.2. The standard InChI is InChI=1S/C11H21O2/c1-2-3-4-5-6-8-12-9-7-11-10-13-11/h11H,1-10H2.